The third-order valence-corrected chi connectivity index (χ3v) is 5.07. The van der Waals surface area contributed by atoms with Gasteiger partial charge in [0.2, 0.25) is 0 Å². The number of hydrogen-bond acceptors (Lipinski definition) is 1. The number of hydrogen-bond donors (Lipinski definition) is 1. The highest BCUT2D eigenvalue weighted by Gasteiger charge is 2.15. The van der Waals surface area contributed by atoms with Crippen molar-refractivity contribution in [3.8, 4) is 0 Å². The first-order valence-corrected chi connectivity index (χ1v) is 12.0. The molecule has 0 rings (SSSR count). The summed E-state index contributed by atoms with van der Waals surface area (Å²) < 4.78 is 0. The normalized spacial score (nSPS) is 13.5. The van der Waals surface area contributed by atoms with E-state index < -0.39 is 8.07 Å². The summed E-state index contributed by atoms with van der Waals surface area (Å²) in [5, 5.41) is 0. The highest BCUT2D eigenvalue weighted by molar-refractivity contribution is 6.76. The van der Waals surface area contributed by atoms with Crippen LogP contribution in [0.25, 0.3) is 0 Å². The van der Waals surface area contributed by atoms with Crippen molar-refractivity contribution < 1.29 is 0 Å². The van der Waals surface area contributed by atoms with Gasteiger partial charge in [0.25, 0.3) is 0 Å². The van der Waals surface area contributed by atoms with Crippen LogP contribution in [0.2, 0.25) is 25.7 Å². The van der Waals surface area contributed by atoms with Gasteiger partial charge in [-0.15, -0.1) is 6.58 Å². The van der Waals surface area contributed by atoms with Gasteiger partial charge in [0.1, 0.15) is 0 Å². The molecule has 0 aliphatic rings. The molecule has 0 fully saturated rings. The third kappa shape index (κ3) is 14.1. The standard InChI is InChI=1S/C17H37NSi/c1-6-7-8-9-10-11-12-13-17(18)14-16(2)15-19(3,4)5/h17H,2,6-15,18H2,1,3-5H3/t17-/m0/s1. The van der Waals surface area contributed by atoms with E-state index in [0.717, 1.165) is 6.42 Å². The summed E-state index contributed by atoms with van der Waals surface area (Å²) >= 11 is 0. The molecule has 0 aromatic carbocycles. The zero-order valence-corrected chi connectivity index (χ0v) is 14.9. The fraction of sp³-hybridized carbons (Fsp3) is 0.882. The minimum Gasteiger partial charge on any atom is -0.327 e. The van der Waals surface area contributed by atoms with Gasteiger partial charge in [0, 0.05) is 14.1 Å². The molecule has 0 spiro atoms. The van der Waals surface area contributed by atoms with Crippen molar-refractivity contribution in [1.29, 1.82) is 0 Å². The van der Waals surface area contributed by atoms with E-state index in [1.54, 1.807) is 0 Å². The van der Waals surface area contributed by atoms with Crippen LogP contribution in [-0.2, 0) is 0 Å². The lowest BCUT2D eigenvalue weighted by molar-refractivity contribution is 0.527. The van der Waals surface area contributed by atoms with Gasteiger partial charge < -0.3 is 5.73 Å². The molecule has 2 N–H and O–H groups in total. The zero-order chi connectivity index (χ0) is 14.7. The molecule has 1 atom stereocenters. The van der Waals surface area contributed by atoms with Crippen molar-refractivity contribution in [3.63, 3.8) is 0 Å². The Morgan fingerprint density at radius 2 is 1.53 bits per heavy atom. The zero-order valence-electron chi connectivity index (χ0n) is 13.9. The van der Waals surface area contributed by atoms with Crippen molar-refractivity contribution in [2.45, 2.75) is 96.4 Å². The number of rotatable bonds is 12. The molecule has 0 aromatic rings. The van der Waals surface area contributed by atoms with Crippen LogP contribution in [0.4, 0.5) is 0 Å². The molecule has 0 amide bonds. The minimum absolute atomic E-state index is 0.347. The minimum atomic E-state index is -0.999. The van der Waals surface area contributed by atoms with Crippen molar-refractivity contribution in [2.24, 2.45) is 5.73 Å². The Hall–Kier alpha value is -0.0831. The molecule has 114 valence electrons. The predicted molar refractivity (Wildman–Crippen MR) is 92.5 cm³/mol. The van der Waals surface area contributed by atoms with Crippen LogP contribution in [0.1, 0.15) is 64.7 Å². The van der Waals surface area contributed by atoms with E-state index in [1.807, 2.05) is 0 Å². The molecule has 19 heavy (non-hydrogen) atoms. The number of unbranched alkanes of at least 4 members (excludes halogenated alkanes) is 6. The van der Waals surface area contributed by atoms with E-state index in [2.05, 4.69) is 33.1 Å². The largest absolute Gasteiger partial charge is 0.327 e. The van der Waals surface area contributed by atoms with Gasteiger partial charge in [-0.2, -0.15) is 0 Å². The highest BCUT2D eigenvalue weighted by Crippen LogP contribution is 2.20. The fourth-order valence-corrected chi connectivity index (χ4v) is 4.30. The topological polar surface area (TPSA) is 26.0 Å². The summed E-state index contributed by atoms with van der Waals surface area (Å²) in [5.41, 5.74) is 7.59. The summed E-state index contributed by atoms with van der Waals surface area (Å²) in [4.78, 5) is 0. The van der Waals surface area contributed by atoms with Crippen molar-refractivity contribution in [1.82, 2.24) is 0 Å². The van der Waals surface area contributed by atoms with E-state index in [9.17, 15) is 0 Å². The van der Waals surface area contributed by atoms with Crippen LogP contribution in [0, 0.1) is 0 Å². The molecule has 0 saturated heterocycles. The molecule has 0 aliphatic heterocycles. The third-order valence-electron chi connectivity index (χ3n) is 3.51. The van der Waals surface area contributed by atoms with Crippen molar-refractivity contribution in [2.75, 3.05) is 0 Å². The molecule has 1 nitrogen and oxygen atoms in total. The lowest BCUT2D eigenvalue weighted by atomic mass is 10.0. The average molecular weight is 284 g/mol. The Morgan fingerprint density at radius 3 is 2.05 bits per heavy atom. The fourth-order valence-electron chi connectivity index (χ4n) is 2.66. The second-order valence-corrected chi connectivity index (χ2v) is 12.8. The Bertz CT molecular complexity index is 230. The van der Waals surface area contributed by atoms with Crippen molar-refractivity contribution in [3.05, 3.63) is 12.2 Å². The maximum absolute atomic E-state index is 6.21. The monoisotopic (exact) mass is 283 g/mol. The summed E-state index contributed by atoms with van der Waals surface area (Å²) in [6.07, 6.45) is 11.8. The SMILES string of the molecule is C=C(C[C@@H](N)CCCCCCCCC)C[Si](C)(C)C. The quantitative estimate of drug-likeness (QED) is 0.276. The Balaban J connectivity index is 3.49. The first-order valence-electron chi connectivity index (χ1n) is 8.27. The Kier molecular flexibility index (Phi) is 10.6. The molecule has 0 heterocycles. The summed E-state index contributed by atoms with van der Waals surface area (Å²) in [6.45, 7) is 13.7. The lowest BCUT2D eigenvalue weighted by Gasteiger charge is -2.20. The van der Waals surface area contributed by atoms with E-state index in [-0.39, 0.29) is 0 Å². The highest BCUT2D eigenvalue weighted by atomic mass is 28.3. The van der Waals surface area contributed by atoms with Gasteiger partial charge in [-0.25, -0.2) is 0 Å². The molecule has 0 aliphatic carbocycles. The van der Waals surface area contributed by atoms with Gasteiger partial charge in [0.15, 0.2) is 0 Å². The summed E-state index contributed by atoms with van der Waals surface area (Å²) in [6, 6.07) is 1.58. The second kappa shape index (κ2) is 10.7. The Morgan fingerprint density at radius 1 is 1.00 bits per heavy atom. The molecular formula is C17H37NSi. The van der Waals surface area contributed by atoms with Gasteiger partial charge in [0.05, 0.1) is 0 Å². The molecule has 0 unspecified atom stereocenters. The molecule has 0 bridgehead atoms. The summed E-state index contributed by atoms with van der Waals surface area (Å²) in [5.74, 6) is 0. The molecule has 0 aromatic heterocycles. The first kappa shape index (κ1) is 18.9. The predicted octanol–water partition coefficient (Wildman–Crippen LogP) is 5.74. The smallest absolute Gasteiger partial charge is 0.0483 e. The maximum atomic E-state index is 6.21. The average Bonchev–Trinajstić information content (AvgIpc) is 2.25. The van der Waals surface area contributed by atoms with Gasteiger partial charge in [-0.3, -0.25) is 0 Å². The molecule has 2 heteroatoms. The van der Waals surface area contributed by atoms with Crippen LogP contribution in [0.5, 0.6) is 0 Å². The van der Waals surface area contributed by atoms with Crippen LogP contribution >= 0.6 is 0 Å². The van der Waals surface area contributed by atoms with Crippen LogP contribution in [0.3, 0.4) is 0 Å². The maximum Gasteiger partial charge on any atom is 0.0483 e. The van der Waals surface area contributed by atoms with E-state index in [0.29, 0.717) is 6.04 Å². The molecule has 0 radical (unpaired) electrons. The van der Waals surface area contributed by atoms with Crippen LogP contribution in [0.15, 0.2) is 12.2 Å². The van der Waals surface area contributed by atoms with E-state index in [4.69, 9.17) is 5.73 Å². The van der Waals surface area contributed by atoms with Crippen LogP contribution < -0.4 is 5.73 Å². The van der Waals surface area contributed by atoms with Crippen molar-refractivity contribution >= 4 is 8.07 Å². The second-order valence-electron chi connectivity index (χ2n) is 7.36. The van der Waals surface area contributed by atoms with E-state index >= 15 is 0 Å². The van der Waals surface area contributed by atoms with E-state index in [1.165, 1.54) is 63.0 Å². The lowest BCUT2D eigenvalue weighted by Crippen LogP contribution is -2.24. The number of nitrogens with two attached hydrogens (primary N) is 1. The van der Waals surface area contributed by atoms with Gasteiger partial charge in [-0.1, -0.05) is 77.1 Å². The first-order chi connectivity index (χ1) is 8.85. The summed E-state index contributed by atoms with van der Waals surface area (Å²) in [7, 11) is -0.999. The Labute approximate surface area is 123 Å². The van der Waals surface area contributed by atoms with Gasteiger partial charge in [-0.05, 0) is 18.9 Å². The molecular weight excluding hydrogens is 246 g/mol. The molecule has 0 saturated carbocycles. The van der Waals surface area contributed by atoms with Gasteiger partial charge >= 0.3 is 0 Å². The van der Waals surface area contributed by atoms with Crippen LogP contribution in [-0.4, -0.2) is 14.1 Å².